The van der Waals surface area contributed by atoms with Gasteiger partial charge in [0.05, 0.1) is 23.0 Å². The van der Waals surface area contributed by atoms with Crippen molar-refractivity contribution in [3.8, 4) is 34.2 Å². The van der Waals surface area contributed by atoms with E-state index in [1.54, 1.807) is 6.20 Å². The van der Waals surface area contributed by atoms with Gasteiger partial charge in [0.25, 0.3) is 0 Å². The van der Waals surface area contributed by atoms with Gasteiger partial charge in [0.2, 0.25) is 0 Å². The van der Waals surface area contributed by atoms with Crippen molar-refractivity contribution >= 4 is 22.2 Å². The van der Waals surface area contributed by atoms with Crippen molar-refractivity contribution in [2.75, 3.05) is 0 Å². The summed E-state index contributed by atoms with van der Waals surface area (Å²) in [6.45, 7) is 3.91. The van der Waals surface area contributed by atoms with Crippen molar-refractivity contribution in [3.63, 3.8) is 0 Å². The van der Waals surface area contributed by atoms with E-state index < -0.39 is 0 Å². The number of hydrogen-bond donors (Lipinski definition) is 3. The van der Waals surface area contributed by atoms with Crippen molar-refractivity contribution in [2.24, 2.45) is 7.05 Å². The van der Waals surface area contributed by atoms with E-state index in [2.05, 4.69) is 46.2 Å². The Labute approximate surface area is 175 Å². The largest absolute Gasteiger partial charge is 0.344 e. The van der Waals surface area contributed by atoms with Crippen LogP contribution in [0.15, 0.2) is 36.9 Å². The van der Waals surface area contributed by atoms with Crippen LogP contribution < -0.4 is 0 Å². The molecule has 0 spiro atoms. The Balaban J connectivity index is 1.52. The molecule has 152 valence electrons. The summed E-state index contributed by atoms with van der Waals surface area (Å²) in [6, 6.07) is 3.95. The van der Waals surface area contributed by atoms with E-state index in [-0.39, 0.29) is 0 Å². The second kappa shape index (κ2) is 6.33. The summed E-state index contributed by atoms with van der Waals surface area (Å²) in [7, 11) is 1.99. The fraction of sp³-hybridized carbons (Fsp3) is 0.143. The van der Waals surface area contributed by atoms with Crippen LogP contribution in [-0.4, -0.2) is 49.7 Å². The van der Waals surface area contributed by atoms with Crippen LogP contribution in [0.1, 0.15) is 11.5 Å². The molecular weight excluding hydrogens is 392 g/mol. The molecule has 0 unspecified atom stereocenters. The highest BCUT2D eigenvalue weighted by atomic mass is 15.2. The molecule has 6 rings (SSSR count). The topological polar surface area (TPSA) is 130 Å². The minimum Gasteiger partial charge on any atom is -0.344 e. The van der Waals surface area contributed by atoms with E-state index in [0.29, 0.717) is 22.8 Å². The number of nitrogens with one attached hydrogen (secondary N) is 3. The fourth-order valence-electron chi connectivity index (χ4n) is 3.76. The zero-order chi connectivity index (χ0) is 21.1. The molecule has 0 aromatic carbocycles. The van der Waals surface area contributed by atoms with Crippen molar-refractivity contribution in [2.45, 2.75) is 13.8 Å². The third-order valence-electron chi connectivity index (χ3n) is 5.50. The summed E-state index contributed by atoms with van der Waals surface area (Å²) in [4.78, 5) is 29.2. The Kier molecular flexibility index (Phi) is 3.57. The third kappa shape index (κ3) is 2.65. The van der Waals surface area contributed by atoms with Crippen LogP contribution in [0, 0.1) is 13.8 Å². The van der Waals surface area contributed by atoms with Gasteiger partial charge in [-0.2, -0.15) is 5.10 Å². The Morgan fingerprint density at radius 2 is 1.87 bits per heavy atom. The maximum Gasteiger partial charge on any atom is 0.161 e. The lowest BCUT2D eigenvalue weighted by Crippen LogP contribution is -1.94. The molecule has 10 heteroatoms. The lowest BCUT2D eigenvalue weighted by Gasteiger charge is -2.03. The summed E-state index contributed by atoms with van der Waals surface area (Å²) < 4.78 is 2.03. The maximum atomic E-state index is 4.81. The molecule has 0 aliphatic rings. The minimum atomic E-state index is 0.615. The van der Waals surface area contributed by atoms with E-state index in [9.17, 15) is 0 Å². The van der Waals surface area contributed by atoms with Crippen LogP contribution in [0.4, 0.5) is 0 Å². The molecule has 0 saturated carbocycles. The van der Waals surface area contributed by atoms with Crippen molar-refractivity contribution in [1.29, 1.82) is 0 Å². The summed E-state index contributed by atoms with van der Waals surface area (Å²) >= 11 is 0. The van der Waals surface area contributed by atoms with Gasteiger partial charge in [-0.25, -0.2) is 24.9 Å². The molecule has 0 amide bonds. The summed E-state index contributed by atoms with van der Waals surface area (Å²) in [5.41, 5.74) is 6.51. The molecule has 0 radical (unpaired) electrons. The Hall–Kier alpha value is -4.34. The summed E-state index contributed by atoms with van der Waals surface area (Å²) in [5.74, 6) is 2.31. The van der Waals surface area contributed by atoms with Crippen LogP contribution in [0.5, 0.6) is 0 Å². The molecule has 0 aliphatic carbocycles. The number of imidazole rings is 3. The Morgan fingerprint density at radius 3 is 2.65 bits per heavy atom. The smallest absolute Gasteiger partial charge is 0.161 e. The van der Waals surface area contributed by atoms with Gasteiger partial charge in [-0.1, -0.05) is 0 Å². The number of rotatable bonds is 3. The number of aromatic nitrogens is 10. The molecule has 0 fully saturated rings. The van der Waals surface area contributed by atoms with Crippen LogP contribution in [-0.2, 0) is 7.05 Å². The molecule has 3 N–H and O–H groups in total. The predicted molar refractivity (Wildman–Crippen MR) is 116 cm³/mol. The first-order chi connectivity index (χ1) is 15.1. The Bertz CT molecular complexity index is 1580. The molecule has 0 atom stereocenters. The molecule has 31 heavy (non-hydrogen) atoms. The van der Waals surface area contributed by atoms with Crippen LogP contribution in [0.2, 0.25) is 0 Å². The van der Waals surface area contributed by atoms with Gasteiger partial charge in [0, 0.05) is 36.8 Å². The second-order valence-electron chi connectivity index (χ2n) is 7.47. The van der Waals surface area contributed by atoms with Gasteiger partial charge < -0.3 is 14.5 Å². The standard InChI is InChI=1S/C21H18N10/c1-10-7-24-18(26-10)13-4-5-22-20-16(13)27-21(28-20)17-14-6-12(8-25-19(14)30-29-17)15-9-23-11(2)31(15)3/h4-9H,1-3H3,(H,24,26)(H,22,27,28)(H,25,29,30). The van der Waals surface area contributed by atoms with Crippen molar-refractivity contribution in [1.82, 2.24) is 49.7 Å². The average Bonchev–Trinajstić information content (AvgIpc) is 3.54. The molecule has 0 saturated heterocycles. The fourth-order valence-corrected chi connectivity index (χ4v) is 3.76. The number of aryl methyl sites for hydroxylation is 2. The number of hydrogen-bond acceptors (Lipinski definition) is 6. The van der Waals surface area contributed by atoms with Gasteiger partial charge in [-0.15, -0.1) is 0 Å². The lowest BCUT2D eigenvalue weighted by atomic mass is 10.1. The number of aromatic amines is 3. The van der Waals surface area contributed by atoms with Gasteiger partial charge in [-0.05, 0) is 26.0 Å². The lowest BCUT2D eigenvalue weighted by molar-refractivity contribution is 0.865. The highest BCUT2D eigenvalue weighted by molar-refractivity contribution is 5.95. The Morgan fingerprint density at radius 1 is 0.968 bits per heavy atom. The number of nitrogens with zero attached hydrogens (tertiary/aromatic N) is 7. The highest BCUT2D eigenvalue weighted by Gasteiger charge is 2.18. The van der Waals surface area contributed by atoms with Crippen molar-refractivity contribution < 1.29 is 0 Å². The van der Waals surface area contributed by atoms with Crippen LogP contribution in [0.3, 0.4) is 0 Å². The molecule has 6 heterocycles. The molecule has 6 aromatic heterocycles. The van der Waals surface area contributed by atoms with Gasteiger partial charge in [0.15, 0.2) is 17.1 Å². The van der Waals surface area contributed by atoms with E-state index >= 15 is 0 Å². The molecule has 10 nitrogen and oxygen atoms in total. The highest BCUT2D eigenvalue weighted by Crippen LogP contribution is 2.31. The first-order valence-electron chi connectivity index (χ1n) is 9.79. The van der Waals surface area contributed by atoms with E-state index in [0.717, 1.165) is 45.1 Å². The number of pyridine rings is 2. The minimum absolute atomic E-state index is 0.615. The number of H-pyrrole nitrogens is 3. The molecule has 0 bridgehead atoms. The first-order valence-corrected chi connectivity index (χ1v) is 9.79. The van der Waals surface area contributed by atoms with Gasteiger partial charge in [-0.3, -0.25) is 5.10 Å². The molecular formula is C21H18N10. The predicted octanol–water partition coefficient (Wildman–Crippen LogP) is 3.30. The third-order valence-corrected chi connectivity index (χ3v) is 5.50. The molecule has 6 aromatic rings. The van der Waals surface area contributed by atoms with E-state index in [1.165, 1.54) is 0 Å². The van der Waals surface area contributed by atoms with Crippen LogP contribution in [0.25, 0.3) is 56.4 Å². The second-order valence-corrected chi connectivity index (χ2v) is 7.47. The average molecular weight is 410 g/mol. The van der Waals surface area contributed by atoms with Gasteiger partial charge in [0.1, 0.15) is 22.9 Å². The summed E-state index contributed by atoms with van der Waals surface area (Å²) in [5, 5.41) is 8.34. The first kappa shape index (κ1) is 17.5. The van der Waals surface area contributed by atoms with Crippen molar-refractivity contribution in [3.05, 3.63) is 48.4 Å². The normalized spacial score (nSPS) is 11.7. The van der Waals surface area contributed by atoms with Crippen LogP contribution >= 0.6 is 0 Å². The monoisotopic (exact) mass is 410 g/mol. The zero-order valence-electron chi connectivity index (χ0n) is 17.1. The van der Waals surface area contributed by atoms with Gasteiger partial charge >= 0.3 is 0 Å². The van der Waals surface area contributed by atoms with E-state index in [1.807, 2.05) is 50.1 Å². The number of fused-ring (bicyclic) bond motifs is 2. The summed E-state index contributed by atoms with van der Waals surface area (Å²) in [6.07, 6.45) is 7.27. The molecule has 0 aliphatic heterocycles. The van der Waals surface area contributed by atoms with E-state index in [4.69, 9.17) is 4.98 Å². The SMILES string of the molecule is Cc1c[nH]c(-c2ccnc3[nH]c(-c4n[nH]c5ncc(-c6cnc(C)n6C)cc45)nc23)n1. The quantitative estimate of drug-likeness (QED) is 0.410. The zero-order valence-corrected chi connectivity index (χ0v) is 17.1. The maximum absolute atomic E-state index is 4.81.